The topological polar surface area (TPSA) is 61.4 Å². The lowest BCUT2D eigenvalue weighted by Crippen LogP contribution is -2.51. The van der Waals surface area contributed by atoms with Crippen LogP contribution in [-0.4, -0.2) is 81.8 Å². The molecule has 0 aromatic heterocycles. The molecule has 1 unspecified atom stereocenters. The van der Waals surface area contributed by atoms with E-state index >= 15 is 0 Å². The van der Waals surface area contributed by atoms with E-state index in [1.807, 2.05) is 18.2 Å². The van der Waals surface area contributed by atoms with Gasteiger partial charge in [0.15, 0.2) is 17.5 Å². The number of nitrogens with zero attached hydrogens (tertiary/aromatic N) is 3. The van der Waals surface area contributed by atoms with Crippen molar-refractivity contribution >= 4 is 35.6 Å². The largest absolute Gasteiger partial charge is 0.490 e. The predicted octanol–water partition coefficient (Wildman–Crippen LogP) is 2.09. The highest BCUT2D eigenvalue weighted by atomic mass is 127. The molecule has 27 heavy (non-hydrogen) atoms. The van der Waals surface area contributed by atoms with Crippen molar-refractivity contribution in [3.63, 3.8) is 0 Å². The van der Waals surface area contributed by atoms with Gasteiger partial charge in [-0.05, 0) is 33.2 Å². The molecule has 0 saturated carbocycles. The van der Waals surface area contributed by atoms with Crippen LogP contribution in [0.25, 0.3) is 0 Å². The number of halogens is 1. The first-order valence-electron chi connectivity index (χ1n) is 9.49. The second-order valence-electron chi connectivity index (χ2n) is 6.95. The van der Waals surface area contributed by atoms with E-state index in [4.69, 9.17) is 14.5 Å². The molecule has 0 radical (unpaired) electrons. The number of guanidine groups is 1. The van der Waals surface area contributed by atoms with E-state index in [9.17, 15) is 0 Å². The number of ether oxygens (including phenoxy) is 2. The predicted molar refractivity (Wildman–Crippen MR) is 121 cm³/mol. The van der Waals surface area contributed by atoms with E-state index in [1.54, 1.807) is 0 Å². The van der Waals surface area contributed by atoms with Gasteiger partial charge in [-0.1, -0.05) is 0 Å². The molecule has 2 aliphatic heterocycles. The molecule has 1 fully saturated rings. The molecular formula is C19H32IN5O2. The Kier molecular flexibility index (Phi) is 8.91. The van der Waals surface area contributed by atoms with E-state index in [2.05, 4.69) is 41.5 Å². The van der Waals surface area contributed by atoms with E-state index in [1.165, 1.54) is 0 Å². The standard InChI is InChI=1S/C19H31N5O2.HI/c1-4-20-19(21-13-16-14-23(2)8-9-24(16)3)22-15-6-7-17-18(12-15)26-11-5-10-25-17;/h6-7,12,16H,4-5,8-11,13-14H2,1-3H3,(H2,20,21,22);1H. The van der Waals surface area contributed by atoms with Gasteiger partial charge in [-0.2, -0.15) is 0 Å². The third kappa shape index (κ3) is 6.39. The summed E-state index contributed by atoms with van der Waals surface area (Å²) in [5, 5.41) is 6.71. The van der Waals surface area contributed by atoms with E-state index in [-0.39, 0.29) is 24.0 Å². The Balaban J connectivity index is 0.00000261. The van der Waals surface area contributed by atoms with Crippen molar-refractivity contribution < 1.29 is 9.47 Å². The molecule has 1 saturated heterocycles. The first-order valence-corrected chi connectivity index (χ1v) is 9.49. The quantitative estimate of drug-likeness (QED) is 0.384. The summed E-state index contributed by atoms with van der Waals surface area (Å²) in [6.45, 7) is 8.29. The average molecular weight is 489 g/mol. The fourth-order valence-corrected chi connectivity index (χ4v) is 3.18. The molecule has 0 amide bonds. The molecule has 2 aliphatic rings. The van der Waals surface area contributed by atoms with Gasteiger partial charge in [-0.15, -0.1) is 24.0 Å². The zero-order valence-corrected chi connectivity index (χ0v) is 18.9. The van der Waals surface area contributed by atoms with Gasteiger partial charge < -0.3 is 25.0 Å². The van der Waals surface area contributed by atoms with Gasteiger partial charge in [-0.3, -0.25) is 9.89 Å². The van der Waals surface area contributed by atoms with Crippen LogP contribution in [0.4, 0.5) is 5.69 Å². The van der Waals surface area contributed by atoms with Gasteiger partial charge >= 0.3 is 0 Å². The number of aliphatic imine (C=N–C) groups is 1. The first-order chi connectivity index (χ1) is 12.7. The molecule has 152 valence electrons. The number of anilines is 1. The van der Waals surface area contributed by atoms with Gasteiger partial charge in [0.25, 0.3) is 0 Å². The Morgan fingerprint density at radius 3 is 2.74 bits per heavy atom. The molecular weight excluding hydrogens is 457 g/mol. The van der Waals surface area contributed by atoms with Crippen LogP contribution in [0.1, 0.15) is 13.3 Å². The van der Waals surface area contributed by atoms with Crippen LogP contribution in [0.15, 0.2) is 23.2 Å². The molecule has 7 nitrogen and oxygen atoms in total. The highest BCUT2D eigenvalue weighted by Crippen LogP contribution is 2.32. The highest BCUT2D eigenvalue weighted by Gasteiger charge is 2.21. The Bertz CT molecular complexity index is 628. The molecule has 1 atom stereocenters. The summed E-state index contributed by atoms with van der Waals surface area (Å²) in [6, 6.07) is 6.37. The third-order valence-corrected chi connectivity index (χ3v) is 4.79. The summed E-state index contributed by atoms with van der Waals surface area (Å²) >= 11 is 0. The third-order valence-electron chi connectivity index (χ3n) is 4.79. The summed E-state index contributed by atoms with van der Waals surface area (Å²) in [6.07, 6.45) is 0.908. The molecule has 3 rings (SSSR count). The SMILES string of the molecule is CCNC(=NCC1CN(C)CCN1C)Nc1ccc2c(c1)OCCCO2.I. The Morgan fingerprint density at radius 1 is 1.19 bits per heavy atom. The summed E-state index contributed by atoms with van der Waals surface area (Å²) in [4.78, 5) is 9.56. The average Bonchev–Trinajstić information content (AvgIpc) is 2.87. The van der Waals surface area contributed by atoms with Crippen LogP contribution in [0, 0.1) is 0 Å². The summed E-state index contributed by atoms with van der Waals surface area (Å²) < 4.78 is 11.5. The monoisotopic (exact) mass is 489 g/mol. The molecule has 0 bridgehead atoms. The molecule has 0 aliphatic carbocycles. The van der Waals surface area contributed by atoms with Crippen LogP contribution in [0.2, 0.25) is 0 Å². The molecule has 8 heteroatoms. The maximum absolute atomic E-state index is 5.77. The van der Waals surface area contributed by atoms with Gasteiger partial charge in [-0.25, -0.2) is 0 Å². The number of nitrogens with one attached hydrogen (secondary N) is 2. The lowest BCUT2D eigenvalue weighted by Gasteiger charge is -2.36. The van der Waals surface area contributed by atoms with Crippen molar-refractivity contribution in [3.05, 3.63) is 18.2 Å². The van der Waals surface area contributed by atoms with Crippen molar-refractivity contribution in [3.8, 4) is 11.5 Å². The van der Waals surface area contributed by atoms with Gasteiger partial charge in [0.2, 0.25) is 0 Å². The minimum atomic E-state index is 0. The molecule has 2 heterocycles. The zero-order chi connectivity index (χ0) is 18.4. The lowest BCUT2D eigenvalue weighted by atomic mass is 10.2. The van der Waals surface area contributed by atoms with Crippen molar-refractivity contribution in [1.29, 1.82) is 0 Å². The summed E-state index contributed by atoms with van der Waals surface area (Å²) in [7, 11) is 4.35. The van der Waals surface area contributed by atoms with Crippen molar-refractivity contribution in [1.82, 2.24) is 15.1 Å². The van der Waals surface area contributed by atoms with Gasteiger partial charge in [0.05, 0.1) is 19.8 Å². The second-order valence-corrected chi connectivity index (χ2v) is 6.95. The highest BCUT2D eigenvalue weighted by molar-refractivity contribution is 14.0. The number of piperazine rings is 1. The minimum Gasteiger partial charge on any atom is -0.490 e. The minimum absolute atomic E-state index is 0. The summed E-state index contributed by atoms with van der Waals surface area (Å²) in [5.41, 5.74) is 0.947. The number of benzene rings is 1. The van der Waals surface area contributed by atoms with Crippen LogP contribution in [-0.2, 0) is 0 Å². The van der Waals surface area contributed by atoms with Crippen LogP contribution >= 0.6 is 24.0 Å². The second kappa shape index (κ2) is 10.9. The zero-order valence-electron chi connectivity index (χ0n) is 16.5. The van der Waals surface area contributed by atoms with Crippen LogP contribution in [0.5, 0.6) is 11.5 Å². The number of rotatable bonds is 4. The number of fused-ring (bicyclic) bond motifs is 1. The Morgan fingerprint density at radius 2 is 1.96 bits per heavy atom. The molecule has 1 aromatic rings. The Hall–Kier alpha value is -1.26. The fraction of sp³-hybridized carbons (Fsp3) is 0.632. The van der Waals surface area contributed by atoms with E-state index < -0.39 is 0 Å². The molecule has 2 N–H and O–H groups in total. The van der Waals surface area contributed by atoms with E-state index in [0.29, 0.717) is 19.3 Å². The first kappa shape index (κ1) is 22.0. The smallest absolute Gasteiger partial charge is 0.195 e. The van der Waals surface area contributed by atoms with Crippen molar-refractivity contribution in [2.45, 2.75) is 19.4 Å². The van der Waals surface area contributed by atoms with Gasteiger partial charge in [0.1, 0.15) is 0 Å². The van der Waals surface area contributed by atoms with Crippen molar-refractivity contribution in [2.24, 2.45) is 4.99 Å². The Labute approximate surface area is 179 Å². The summed E-state index contributed by atoms with van der Waals surface area (Å²) in [5.74, 6) is 2.39. The molecule has 0 spiro atoms. The maximum atomic E-state index is 5.77. The number of hydrogen-bond acceptors (Lipinski definition) is 5. The van der Waals surface area contributed by atoms with Crippen molar-refractivity contribution in [2.75, 3.05) is 65.3 Å². The molecule has 1 aromatic carbocycles. The van der Waals surface area contributed by atoms with Gasteiger partial charge in [0, 0.05) is 50.4 Å². The number of hydrogen-bond donors (Lipinski definition) is 2. The van der Waals surface area contributed by atoms with Crippen LogP contribution < -0.4 is 20.1 Å². The van der Waals surface area contributed by atoms with Crippen LogP contribution in [0.3, 0.4) is 0 Å². The fourth-order valence-electron chi connectivity index (χ4n) is 3.18. The maximum Gasteiger partial charge on any atom is 0.195 e. The lowest BCUT2D eigenvalue weighted by molar-refractivity contribution is 0.119. The van der Waals surface area contributed by atoms with E-state index in [0.717, 1.165) is 62.3 Å². The normalized spacial score (nSPS) is 21.1. The number of likely N-dealkylation sites (N-methyl/N-ethyl adjacent to an activating group) is 2.